The average molecular weight is 348 g/mol. The van der Waals surface area contributed by atoms with Crippen LogP contribution in [0.4, 0.5) is 10.1 Å². The van der Waals surface area contributed by atoms with Crippen molar-refractivity contribution in [2.24, 2.45) is 0 Å². The lowest BCUT2D eigenvalue weighted by Crippen LogP contribution is -2.29. The van der Waals surface area contributed by atoms with Crippen LogP contribution in [0.1, 0.15) is 23.2 Å². The molecule has 1 saturated heterocycles. The molecule has 0 spiro atoms. The summed E-state index contributed by atoms with van der Waals surface area (Å²) in [5, 5.41) is 2.66. The number of carbonyl (C=O) groups is 1. The molecule has 2 aromatic rings. The first-order valence-corrected chi connectivity index (χ1v) is 9.08. The molecule has 1 N–H and O–H groups in total. The molecule has 0 atom stereocenters. The van der Waals surface area contributed by atoms with Crippen LogP contribution in [0.25, 0.3) is 0 Å². The molecular weight excluding hydrogens is 331 g/mol. The number of nitrogens with one attached hydrogen (secondary N) is 1. The van der Waals surface area contributed by atoms with Gasteiger partial charge in [0.1, 0.15) is 10.7 Å². The normalized spacial score (nSPS) is 15.4. The summed E-state index contributed by atoms with van der Waals surface area (Å²) in [5.74, 6) is -1.34. The third kappa shape index (κ3) is 3.32. The summed E-state index contributed by atoms with van der Waals surface area (Å²) in [7, 11) is -3.92. The van der Waals surface area contributed by atoms with Gasteiger partial charge >= 0.3 is 0 Å². The molecule has 3 rings (SSSR count). The second-order valence-corrected chi connectivity index (χ2v) is 7.48. The molecule has 0 saturated carbocycles. The van der Waals surface area contributed by atoms with E-state index in [4.69, 9.17) is 0 Å². The monoisotopic (exact) mass is 348 g/mol. The minimum absolute atomic E-state index is 0.0954. The fourth-order valence-corrected chi connectivity index (χ4v) is 4.24. The zero-order chi connectivity index (χ0) is 17.2. The Morgan fingerprint density at radius 2 is 1.71 bits per heavy atom. The first-order valence-electron chi connectivity index (χ1n) is 7.64. The van der Waals surface area contributed by atoms with E-state index in [0.29, 0.717) is 18.8 Å². The van der Waals surface area contributed by atoms with Crippen LogP contribution in [0.2, 0.25) is 0 Å². The Morgan fingerprint density at radius 1 is 1.04 bits per heavy atom. The van der Waals surface area contributed by atoms with Crippen LogP contribution in [0.15, 0.2) is 53.4 Å². The van der Waals surface area contributed by atoms with Crippen LogP contribution >= 0.6 is 0 Å². The Kier molecular flexibility index (Phi) is 4.64. The van der Waals surface area contributed by atoms with E-state index in [2.05, 4.69) is 5.32 Å². The lowest BCUT2D eigenvalue weighted by molar-refractivity contribution is 0.102. The van der Waals surface area contributed by atoms with Gasteiger partial charge in [0.15, 0.2) is 0 Å². The smallest absolute Gasteiger partial charge is 0.255 e. The largest absolute Gasteiger partial charge is 0.322 e. The first-order chi connectivity index (χ1) is 11.5. The molecular formula is C17H17FN2O3S. The fraction of sp³-hybridized carbons (Fsp3) is 0.235. The molecule has 0 unspecified atom stereocenters. The van der Waals surface area contributed by atoms with E-state index >= 15 is 0 Å². The van der Waals surface area contributed by atoms with Gasteiger partial charge in [-0.25, -0.2) is 12.8 Å². The van der Waals surface area contributed by atoms with Crippen molar-refractivity contribution in [2.45, 2.75) is 17.7 Å². The van der Waals surface area contributed by atoms with E-state index in [1.54, 1.807) is 24.3 Å². The molecule has 7 heteroatoms. The molecule has 1 fully saturated rings. The Morgan fingerprint density at radius 3 is 2.38 bits per heavy atom. The highest BCUT2D eigenvalue weighted by atomic mass is 32.2. The molecule has 2 aromatic carbocycles. The Balaban J connectivity index is 1.90. The number of hydrogen-bond acceptors (Lipinski definition) is 3. The molecule has 1 aliphatic rings. The van der Waals surface area contributed by atoms with Crippen molar-refractivity contribution >= 4 is 21.6 Å². The summed E-state index contributed by atoms with van der Waals surface area (Å²) in [6.45, 7) is 0.754. The highest BCUT2D eigenvalue weighted by Gasteiger charge is 2.30. The van der Waals surface area contributed by atoms with Crippen molar-refractivity contribution in [2.75, 3.05) is 18.4 Å². The second kappa shape index (κ2) is 6.70. The van der Waals surface area contributed by atoms with Crippen molar-refractivity contribution < 1.29 is 17.6 Å². The summed E-state index contributed by atoms with van der Waals surface area (Å²) in [5.41, 5.74) is 0.675. The van der Waals surface area contributed by atoms with Gasteiger partial charge in [0, 0.05) is 24.3 Å². The zero-order valence-corrected chi connectivity index (χ0v) is 13.7. The van der Waals surface area contributed by atoms with E-state index < -0.39 is 26.6 Å². The van der Waals surface area contributed by atoms with Crippen LogP contribution in [0.3, 0.4) is 0 Å². The molecule has 0 aliphatic carbocycles. The number of rotatable bonds is 4. The number of benzene rings is 2. The standard InChI is InChI=1S/C17H17FN2O3S/c18-15-9-8-13(17(21)19-14-6-2-1-3-7-14)12-16(15)24(22,23)20-10-4-5-11-20/h1-3,6-9,12H,4-5,10-11H2,(H,19,21). The number of sulfonamides is 1. The lowest BCUT2D eigenvalue weighted by atomic mass is 10.2. The first kappa shape index (κ1) is 16.6. The zero-order valence-electron chi connectivity index (χ0n) is 12.9. The number of para-hydroxylation sites is 1. The predicted octanol–water partition coefficient (Wildman–Crippen LogP) is 2.86. The molecule has 0 bridgehead atoms. The van der Waals surface area contributed by atoms with E-state index in [1.807, 2.05) is 6.07 Å². The predicted molar refractivity (Wildman–Crippen MR) is 88.8 cm³/mol. The van der Waals surface area contributed by atoms with Gasteiger partial charge in [0.25, 0.3) is 5.91 Å². The van der Waals surface area contributed by atoms with Crippen molar-refractivity contribution in [3.63, 3.8) is 0 Å². The fourth-order valence-electron chi connectivity index (χ4n) is 2.63. The number of hydrogen-bond donors (Lipinski definition) is 1. The van der Waals surface area contributed by atoms with Crippen LogP contribution in [-0.2, 0) is 10.0 Å². The summed E-state index contributed by atoms with van der Waals surface area (Å²) in [6.07, 6.45) is 1.52. The van der Waals surface area contributed by atoms with E-state index in [1.165, 1.54) is 10.4 Å². The van der Waals surface area contributed by atoms with Gasteiger partial charge in [-0.3, -0.25) is 4.79 Å². The number of halogens is 1. The Bertz CT molecular complexity index is 847. The summed E-state index contributed by atoms with van der Waals surface area (Å²) < 4.78 is 40.4. The van der Waals surface area contributed by atoms with Gasteiger partial charge < -0.3 is 5.32 Å². The third-order valence-corrected chi connectivity index (χ3v) is 5.82. The van der Waals surface area contributed by atoms with Crippen molar-refractivity contribution in [1.82, 2.24) is 4.31 Å². The van der Waals surface area contributed by atoms with Gasteiger partial charge in [-0.05, 0) is 43.2 Å². The van der Waals surface area contributed by atoms with Crippen molar-refractivity contribution in [3.05, 3.63) is 59.9 Å². The van der Waals surface area contributed by atoms with E-state index in [9.17, 15) is 17.6 Å². The molecule has 0 aromatic heterocycles. The molecule has 126 valence electrons. The molecule has 0 radical (unpaired) electrons. The van der Waals surface area contributed by atoms with Crippen LogP contribution in [0, 0.1) is 5.82 Å². The maximum atomic E-state index is 14.1. The minimum atomic E-state index is -3.92. The maximum absolute atomic E-state index is 14.1. The SMILES string of the molecule is O=C(Nc1ccccc1)c1ccc(F)c(S(=O)(=O)N2CCCC2)c1. The van der Waals surface area contributed by atoms with Crippen LogP contribution in [0.5, 0.6) is 0 Å². The lowest BCUT2D eigenvalue weighted by Gasteiger charge is -2.16. The molecule has 1 aliphatic heterocycles. The average Bonchev–Trinajstić information content (AvgIpc) is 3.11. The molecule has 1 amide bonds. The number of carbonyl (C=O) groups excluding carboxylic acids is 1. The number of anilines is 1. The molecule has 24 heavy (non-hydrogen) atoms. The maximum Gasteiger partial charge on any atom is 0.255 e. The summed E-state index contributed by atoms with van der Waals surface area (Å²) >= 11 is 0. The minimum Gasteiger partial charge on any atom is -0.322 e. The summed E-state index contributed by atoms with van der Waals surface area (Å²) in [4.78, 5) is 11.8. The van der Waals surface area contributed by atoms with Gasteiger partial charge in [-0.2, -0.15) is 4.31 Å². The highest BCUT2D eigenvalue weighted by molar-refractivity contribution is 7.89. The quantitative estimate of drug-likeness (QED) is 0.924. The topological polar surface area (TPSA) is 66.5 Å². The van der Waals surface area contributed by atoms with E-state index in [0.717, 1.165) is 25.0 Å². The van der Waals surface area contributed by atoms with Gasteiger partial charge in [-0.15, -0.1) is 0 Å². The summed E-state index contributed by atoms with van der Waals surface area (Å²) in [6, 6.07) is 12.2. The number of nitrogens with zero attached hydrogens (tertiary/aromatic N) is 1. The van der Waals surface area contributed by atoms with Gasteiger partial charge in [0.2, 0.25) is 10.0 Å². The number of amides is 1. The van der Waals surface area contributed by atoms with E-state index in [-0.39, 0.29) is 5.56 Å². The van der Waals surface area contributed by atoms with Gasteiger partial charge in [0.05, 0.1) is 0 Å². The molecule has 5 nitrogen and oxygen atoms in total. The Labute approximate surface area is 140 Å². The van der Waals surface area contributed by atoms with Crippen LogP contribution in [-0.4, -0.2) is 31.7 Å². The Hall–Kier alpha value is -2.25. The third-order valence-electron chi connectivity index (χ3n) is 3.91. The van der Waals surface area contributed by atoms with Gasteiger partial charge in [-0.1, -0.05) is 18.2 Å². The van der Waals surface area contributed by atoms with Crippen molar-refractivity contribution in [1.29, 1.82) is 0 Å². The second-order valence-electron chi connectivity index (χ2n) is 5.58. The van der Waals surface area contributed by atoms with Crippen LogP contribution < -0.4 is 5.32 Å². The van der Waals surface area contributed by atoms with Crippen molar-refractivity contribution in [3.8, 4) is 0 Å². The highest BCUT2D eigenvalue weighted by Crippen LogP contribution is 2.24. The molecule has 1 heterocycles.